The van der Waals surface area contributed by atoms with E-state index in [-0.39, 0.29) is 16.9 Å². The molecule has 0 heterocycles. The Morgan fingerprint density at radius 2 is 1.79 bits per heavy atom. The van der Waals surface area contributed by atoms with Crippen LogP contribution in [0, 0.1) is 28.9 Å². The van der Waals surface area contributed by atoms with E-state index >= 15 is 0 Å². The fraction of sp³-hybridized carbons (Fsp3) is 0.235. The van der Waals surface area contributed by atoms with Crippen LogP contribution in [0.3, 0.4) is 0 Å². The number of halogens is 3. The SMILES string of the molecule is CC(CC#N)C(c1cc(F)ccc1F)S(=O)(=O)c1ccc(Cl)cc1. The molecule has 2 rings (SSSR count). The first-order valence-electron chi connectivity index (χ1n) is 7.08. The molecule has 0 saturated carbocycles. The third-order valence-electron chi connectivity index (χ3n) is 3.67. The number of benzene rings is 2. The van der Waals surface area contributed by atoms with E-state index in [0.717, 1.165) is 18.2 Å². The molecule has 0 aliphatic rings. The number of nitrogens with zero attached hydrogens (tertiary/aromatic N) is 1. The molecule has 0 spiro atoms. The maximum absolute atomic E-state index is 14.2. The fourth-order valence-corrected chi connectivity index (χ4v) is 4.69. The Morgan fingerprint density at radius 3 is 2.38 bits per heavy atom. The van der Waals surface area contributed by atoms with Gasteiger partial charge in [-0.3, -0.25) is 0 Å². The highest BCUT2D eigenvalue weighted by atomic mass is 35.5. The highest BCUT2D eigenvalue weighted by molar-refractivity contribution is 7.91. The second-order valence-corrected chi connectivity index (χ2v) is 7.93. The van der Waals surface area contributed by atoms with E-state index in [2.05, 4.69) is 0 Å². The smallest absolute Gasteiger partial charge is 0.185 e. The summed E-state index contributed by atoms with van der Waals surface area (Å²) in [6.45, 7) is 1.52. The second-order valence-electron chi connectivity index (χ2n) is 5.42. The molecular weight excluding hydrogens is 356 g/mol. The minimum absolute atomic E-state index is 0.0645. The summed E-state index contributed by atoms with van der Waals surface area (Å²) in [6, 6.07) is 9.97. The summed E-state index contributed by atoms with van der Waals surface area (Å²) in [5.74, 6) is -2.30. The molecule has 7 heteroatoms. The van der Waals surface area contributed by atoms with Crippen molar-refractivity contribution in [2.45, 2.75) is 23.5 Å². The molecule has 3 nitrogen and oxygen atoms in total. The molecule has 0 radical (unpaired) electrons. The van der Waals surface area contributed by atoms with Crippen LogP contribution in [0.25, 0.3) is 0 Å². The van der Waals surface area contributed by atoms with Crippen molar-refractivity contribution < 1.29 is 17.2 Å². The quantitative estimate of drug-likeness (QED) is 0.768. The molecule has 0 saturated heterocycles. The van der Waals surface area contributed by atoms with Gasteiger partial charge in [0.15, 0.2) is 9.84 Å². The second kappa shape index (κ2) is 7.29. The van der Waals surface area contributed by atoms with E-state index in [0.29, 0.717) is 5.02 Å². The number of hydrogen-bond donors (Lipinski definition) is 0. The lowest BCUT2D eigenvalue weighted by Crippen LogP contribution is -2.22. The van der Waals surface area contributed by atoms with Crippen LogP contribution in [0.5, 0.6) is 0 Å². The molecule has 0 aliphatic heterocycles. The Bertz CT molecular complexity index is 876. The summed E-state index contributed by atoms with van der Waals surface area (Å²) < 4.78 is 53.7. The van der Waals surface area contributed by atoms with Crippen LogP contribution in [0.2, 0.25) is 5.02 Å². The summed E-state index contributed by atoms with van der Waals surface area (Å²) >= 11 is 5.77. The van der Waals surface area contributed by atoms with E-state index in [1.165, 1.54) is 31.2 Å². The van der Waals surface area contributed by atoms with Gasteiger partial charge in [-0.05, 0) is 48.4 Å². The molecule has 2 atom stereocenters. The van der Waals surface area contributed by atoms with Crippen molar-refractivity contribution in [3.8, 4) is 6.07 Å². The predicted octanol–water partition coefficient (Wildman–Crippen LogP) is 4.68. The zero-order valence-electron chi connectivity index (χ0n) is 12.7. The summed E-state index contributed by atoms with van der Waals surface area (Å²) in [5.41, 5.74) is -0.285. The Balaban J connectivity index is 2.64. The number of nitriles is 1. The average molecular weight is 370 g/mol. The number of rotatable bonds is 5. The minimum Gasteiger partial charge on any atom is -0.223 e. The van der Waals surface area contributed by atoms with Crippen LogP contribution >= 0.6 is 11.6 Å². The van der Waals surface area contributed by atoms with Gasteiger partial charge >= 0.3 is 0 Å². The maximum atomic E-state index is 14.2. The van der Waals surface area contributed by atoms with E-state index < -0.39 is 32.6 Å². The molecule has 2 aromatic rings. The maximum Gasteiger partial charge on any atom is 0.185 e. The molecule has 0 bridgehead atoms. The summed E-state index contributed by atoms with van der Waals surface area (Å²) in [6.07, 6.45) is -0.118. The molecule has 24 heavy (non-hydrogen) atoms. The number of hydrogen-bond acceptors (Lipinski definition) is 3. The minimum atomic E-state index is -4.05. The van der Waals surface area contributed by atoms with Crippen molar-refractivity contribution in [3.05, 3.63) is 64.7 Å². The topological polar surface area (TPSA) is 57.9 Å². The lowest BCUT2D eigenvalue weighted by Gasteiger charge is -2.23. The zero-order valence-corrected chi connectivity index (χ0v) is 14.3. The number of sulfone groups is 1. The Labute approximate surface area is 144 Å². The van der Waals surface area contributed by atoms with Crippen molar-refractivity contribution in [1.82, 2.24) is 0 Å². The van der Waals surface area contributed by atoms with Crippen molar-refractivity contribution in [2.75, 3.05) is 0 Å². The highest BCUT2D eigenvalue weighted by Crippen LogP contribution is 2.38. The summed E-state index contributed by atoms with van der Waals surface area (Å²) in [4.78, 5) is -0.0645. The van der Waals surface area contributed by atoms with E-state index in [4.69, 9.17) is 16.9 Å². The van der Waals surface area contributed by atoms with E-state index in [1.54, 1.807) is 0 Å². The third kappa shape index (κ3) is 3.74. The first-order valence-corrected chi connectivity index (χ1v) is 9.01. The van der Waals surface area contributed by atoms with Crippen LogP contribution in [0.4, 0.5) is 8.78 Å². The van der Waals surface area contributed by atoms with Crippen molar-refractivity contribution in [3.63, 3.8) is 0 Å². The highest BCUT2D eigenvalue weighted by Gasteiger charge is 2.36. The Hall–Kier alpha value is -1.97. The Kier molecular flexibility index (Phi) is 5.58. The van der Waals surface area contributed by atoms with Gasteiger partial charge in [0, 0.05) is 17.0 Å². The first-order chi connectivity index (χ1) is 11.3. The average Bonchev–Trinajstić information content (AvgIpc) is 2.51. The molecule has 2 unspecified atom stereocenters. The molecule has 0 amide bonds. The fourth-order valence-electron chi connectivity index (χ4n) is 2.53. The van der Waals surface area contributed by atoms with Crippen molar-refractivity contribution in [1.29, 1.82) is 5.26 Å². The zero-order chi connectivity index (χ0) is 17.9. The van der Waals surface area contributed by atoms with Gasteiger partial charge in [0.05, 0.1) is 16.2 Å². The predicted molar refractivity (Wildman–Crippen MR) is 87.1 cm³/mol. The molecule has 0 fully saturated rings. The molecule has 2 aromatic carbocycles. The van der Waals surface area contributed by atoms with Crippen molar-refractivity contribution in [2.24, 2.45) is 5.92 Å². The van der Waals surface area contributed by atoms with E-state index in [1.807, 2.05) is 6.07 Å². The van der Waals surface area contributed by atoms with Gasteiger partial charge in [-0.2, -0.15) is 5.26 Å². The molecular formula is C17H14ClF2NO2S. The van der Waals surface area contributed by atoms with Crippen LogP contribution in [-0.2, 0) is 9.84 Å². The van der Waals surface area contributed by atoms with Gasteiger partial charge in [-0.25, -0.2) is 17.2 Å². The first kappa shape index (κ1) is 18.4. The molecule has 126 valence electrons. The standard InChI is InChI=1S/C17H14ClF2NO2S/c1-11(8-9-21)17(15-10-13(19)4-7-16(15)20)24(22,23)14-5-2-12(18)3-6-14/h2-7,10-11,17H,8H2,1H3. The third-order valence-corrected chi connectivity index (χ3v) is 6.24. The normalized spacial score (nSPS) is 14.0. The van der Waals surface area contributed by atoms with Gasteiger partial charge in [0.2, 0.25) is 0 Å². The van der Waals surface area contributed by atoms with Gasteiger partial charge in [-0.15, -0.1) is 0 Å². The van der Waals surface area contributed by atoms with Crippen LogP contribution < -0.4 is 0 Å². The largest absolute Gasteiger partial charge is 0.223 e. The monoisotopic (exact) mass is 369 g/mol. The van der Waals surface area contributed by atoms with Gasteiger partial charge in [0.25, 0.3) is 0 Å². The van der Waals surface area contributed by atoms with Crippen LogP contribution in [-0.4, -0.2) is 8.42 Å². The lowest BCUT2D eigenvalue weighted by molar-refractivity contribution is 0.497. The van der Waals surface area contributed by atoms with Gasteiger partial charge < -0.3 is 0 Å². The van der Waals surface area contributed by atoms with Crippen LogP contribution in [0.15, 0.2) is 47.4 Å². The van der Waals surface area contributed by atoms with Gasteiger partial charge in [0.1, 0.15) is 11.6 Å². The summed E-state index contributed by atoms with van der Waals surface area (Å²) in [5, 5.41) is 7.87. The molecule has 0 N–H and O–H groups in total. The Morgan fingerprint density at radius 1 is 1.17 bits per heavy atom. The van der Waals surface area contributed by atoms with Gasteiger partial charge in [-0.1, -0.05) is 18.5 Å². The lowest BCUT2D eigenvalue weighted by atomic mass is 9.97. The molecule has 0 aromatic heterocycles. The summed E-state index contributed by atoms with van der Waals surface area (Å²) in [7, 11) is -4.05. The van der Waals surface area contributed by atoms with Crippen molar-refractivity contribution >= 4 is 21.4 Å². The van der Waals surface area contributed by atoms with E-state index in [9.17, 15) is 17.2 Å². The van der Waals surface area contributed by atoms with Crippen LogP contribution in [0.1, 0.15) is 24.2 Å². The molecule has 0 aliphatic carbocycles.